The number of benzene rings is 5. The smallest absolute Gasteiger partial charge is 0.408 e. The van der Waals surface area contributed by atoms with E-state index in [1.54, 1.807) is 24.3 Å². The Balaban J connectivity index is 0.00000403. The summed E-state index contributed by atoms with van der Waals surface area (Å²) in [6, 6.07) is 42.9. The molecule has 5 aromatic rings. The molecule has 0 saturated carbocycles. The average Bonchev–Trinajstić information content (AvgIpc) is 3.87. The summed E-state index contributed by atoms with van der Waals surface area (Å²) < 4.78 is 16.7. The Kier molecular flexibility index (Phi) is 20.2. The van der Waals surface area contributed by atoms with E-state index in [0.29, 0.717) is 24.8 Å². The third-order valence-electron chi connectivity index (χ3n) is 11.1. The summed E-state index contributed by atoms with van der Waals surface area (Å²) in [6.45, 7) is 0.463. The molecule has 0 aliphatic carbocycles. The molecule has 4 N–H and O–H groups in total. The molecule has 4 amide bonds. The van der Waals surface area contributed by atoms with Crippen molar-refractivity contribution in [3.63, 3.8) is 0 Å². The van der Waals surface area contributed by atoms with Gasteiger partial charge in [-0.25, -0.2) is 14.4 Å². The van der Waals surface area contributed by atoms with E-state index in [2.05, 4.69) is 16.0 Å². The van der Waals surface area contributed by atoms with Crippen LogP contribution in [0.1, 0.15) is 77.2 Å². The van der Waals surface area contributed by atoms with E-state index >= 15 is 0 Å². The Morgan fingerprint density at radius 2 is 1.14 bits per heavy atom. The van der Waals surface area contributed by atoms with Gasteiger partial charge < -0.3 is 40.2 Å². The first-order valence-corrected chi connectivity index (χ1v) is 21.9. The molecule has 1 heterocycles. The minimum Gasteiger partial charge on any atom is -0.459 e. The standard InChI is InChI=1S/C51H56N4O9.N2/c56-43(33-44(40-24-12-4-13-25-40)53-47(57)41-26-14-5-15-27-41)32-42(28-16-30-52-50(60)63-35-38-20-8-2-9-21-38)46(54-51(61)64-36-39-22-10-3-11-23-39)48(58)55-31-17-29-45(55)49(59)62-34-37-18-6-1-7-19-37;1-2/h1-15,18-27,42-46,56H,16-17,28-36H2,(H,52,60)(H,53,57)(H,54,61);/t42?,43?,44?,45-,46-;/m0./s1. The lowest BCUT2D eigenvalue weighted by Crippen LogP contribution is -2.55. The van der Waals surface area contributed by atoms with E-state index in [-0.39, 0.29) is 58.1 Å². The first kappa shape index (κ1) is 49.4. The quantitative estimate of drug-likeness (QED) is 0.0242. The van der Waals surface area contributed by atoms with Gasteiger partial charge in [-0.1, -0.05) is 140 Å². The Bertz CT molecular complexity index is 2270. The van der Waals surface area contributed by atoms with Crippen LogP contribution in [0.5, 0.6) is 0 Å². The first-order valence-electron chi connectivity index (χ1n) is 21.9. The molecule has 15 heteroatoms. The highest BCUT2D eigenvalue weighted by Gasteiger charge is 2.42. The van der Waals surface area contributed by atoms with Crippen LogP contribution in [0.3, 0.4) is 0 Å². The largest absolute Gasteiger partial charge is 0.459 e. The number of carbonyl (C=O) groups excluding carboxylic acids is 5. The minimum absolute atomic E-state index is 0.00464. The molecule has 344 valence electrons. The number of amides is 4. The number of aliphatic hydroxyl groups excluding tert-OH is 1. The topological polar surface area (TPSA) is 220 Å². The van der Waals surface area contributed by atoms with E-state index in [0.717, 1.165) is 22.3 Å². The lowest BCUT2D eigenvalue weighted by atomic mass is 9.85. The summed E-state index contributed by atoms with van der Waals surface area (Å²) in [7, 11) is 0. The number of esters is 1. The normalized spacial score (nSPS) is 14.7. The van der Waals surface area contributed by atoms with Crippen LogP contribution in [-0.4, -0.2) is 71.3 Å². The summed E-state index contributed by atoms with van der Waals surface area (Å²) in [6.07, 6.45) is -1.04. The van der Waals surface area contributed by atoms with E-state index in [1.807, 2.05) is 127 Å². The molecular formula is C51H56N6O9. The molecule has 6 rings (SSSR count). The van der Waals surface area contributed by atoms with Crippen LogP contribution in [-0.2, 0) is 43.6 Å². The highest BCUT2D eigenvalue weighted by atomic mass is 16.6. The van der Waals surface area contributed by atoms with Crippen molar-refractivity contribution in [2.75, 3.05) is 13.1 Å². The summed E-state index contributed by atoms with van der Waals surface area (Å²) in [5.74, 6) is -2.15. The molecule has 0 radical (unpaired) electrons. The van der Waals surface area contributed by atoms with Crippen LogP contribution in [0.4, 0.5) is 9.59 Å². The number of ether oxygens (including phenoxy) is 3. The number of alkyl carbamates (subject to hydrolysis) is 2. The lowest BCUT2D eigenvalue weighted by molar-refractivity contribution is -0.155. The molecule has 0 spiro atoms. The molecule has 5 aromatic carbocycles. The number of hydrogen-bond acceptors (Lipinski definition) is 11. The molecule has 66 heavy (non-hydrogen) atoms. The maximum atomic E-state index is 14.9. The molecule has 15 nitrogen and oxygen atoms in total. The second kappa shape index (κ2) is 26.9. The first-order chi connectivity index (χ1) is 32.2. The van der Waals surface area contributed by atoms with Crippen LogP contribution < -0.4 is 16.0 Å². The summed E-state index contributed by atoms with van der Waals surface area (Å²) >= 11 is 0. The van der Waals surface area contributed by atoms with Gasteiger partial charge in [-0.15, -0.1) is 0 Å². The maximum Gasteiger partial charge on any atom is 0.408 e. The predicted molar refractivity (Wildman–Crippen MR) is 244 cm³/mol. The highest BCUT2D eigenvalue weighted by Crippen LogP contribution is 2.29. The number of rotatable bonds is 21. The van der Waals surface area contributed by atoms with Gasteiger partial charge in [-0.2, -0.15) is 0 Å². The number of hydrogen-bond donors (Lipinski definition) is 4. The molecule has 5 atom stereocenters. The van der Waals surface area contributed by atoms with Crippen molar-refractivity contribution >= 4 is 30.0 Å². The second-order valence-corrected chi connectivity index (χ2v) is 15.8. The van der Waals surface area contributed by atoms with Gasteiger partial charge in [0.15, 0.2) is 0 Å². The highest BCUT2D eigenvalue weighted by molar-refractivity contribution is 5.94. The van der Waals surface area contributed by atoms with E-state index in [4.69, 9.17) is 25.0 Å². The van der Waals surface area contributed by atoms with E-state index in [9.17, 15) is 29.1 Å². The van der Waals surface area contributed by atoms with Gasteiger partial charge in [-0.05, 0) is 78.8 Å². The van der Waals surface area contributed by atoms with Gasteiger partial charge in [0.25, 0.3) is 5.91 Å². The van der Waals surface area contributed by atoms with Crippen LogP contribution >= 0.6 is 0 Å². The van der Waals surface area contributed by atoms with Crippen LogP contribution in [0, 0.1) is 16.7 Å². The molecule has 1 fully saturated rings. The monoisotopic (exact) mass is 896 g/mol. The number of likely N-dealkylation sites (tertiary alicyclic amines) is 1. The maximum absolute atomic E-state index is 14.9. The van der Waals surface area contributed by atoms with Gasteiger partial charge in [0.1, 0.15) is 31.9 Å². The van der Waals surface area contributed by atoms with Crippen molar-refractivity contribution in [2.24, 2.45) is 5.92 Å². The molecule has 1 aliphatic heterocycles. The summed E-state index contributed by atoms with van der Waals surface area (Å²) in [4.78, 5) is 69.7. The molecule has 1 saturated heterocycles. The van der Waals surface area contributed by atoms with Gasteiger partial charge >= 0.3 is 18.2 Å². The van der Waals surface area contributed by atoms with Gasteiger partial charge in [0, 0.05) is 29.4 Å². The average molecular weight is 897 g/mol. The summed E-state index contributed by atoms with van der Waals surface area (Å²) in [5.41, 5.74) is 3.59. The van der Waals surface area contributed by atoms with Gasteiger partial charge in [0.2, 0.25) is 5.91 Å². The SMILES string of the molecule is N#N.O=C(NCCCC(CC(O)CC(NC(=O)c1ccccc1)c1ccccc1)[C@H](NC(=O)OCc1ccccc1)C(=O)N1CCC[C@H]1C(=O)OCc1ccccc1)OCc1ccccc1. The third-order valence-corrected chi connectivity index (χ3v) is 11.1. The summed E-state index contributed by atoms with van der Waals surface area (Å²) in [5, 5.41) is 32.6. The Labute approximate surface area is 384 Å². The predicted octanol–water partition coefficient (Wildman–Crippen LogP) is 7.68. The van der Waals surface area contributed by atoms with Crippen molar-refractivity contribution in [1.82, 2.24) is 20.9 Å². The van der Waals surface area contributed by atoms with Crippen molar-refractivity contribution in [3.05, 3.63) is 179 Å². The van der Waals surface area contributed by atoms with Crippen molar-refractivity contribution in [1.29, 1.82) is 10.8 Å². The number of carbonyl (C=O) groups is 5. The fourth-order valence-electron chi connectivity index (χ4n) is 7.81. The van der Waals surface area contributed by atoms with Gasteiger partial charge in [-0.3, -0.25) is 9.59 Å². The van der Waals surface area contributed by atoms with Crippen LogP contribution in [0.15, 0.2) is 152 Å². The molecule has 1 aliphatic rings. The second-order valence-electron chi connectivity index (χ2n) is 15.8. The Morgan fingerprint density at radius 3 is 1.70 bits per heavy atom. The van der Waals surface area contributed by atoms with E-state index in [1.165, 1.54) is 4.90 Å². The van der Waals surface area contributed by atoms with Crippen molar-refractivity contribution < 1.29 is 43.3 Å². The minimum atomic E-state index is -1.26. The fourth-order valence-corrected chi connectivity index (χ4v) is 7.81. The lowest BCUT2D eigenvalue weighted by Gasteiger charge is -2.34. The van der Waals surface area contributed by atoms with Crippen molar-refractivity contribution in [2.45, 2.75) is 82.6 Å². The van der Waals surface area contributed by atoms with Crippen molar-refractivity contribution in [3.8, 4) is 0 Å². The molecule has 0 bridgehead atoms. The van der Waals surface area contributed by atoms with Gasteiger partial charge in [0.05, 0.1) is 12.1 Å². The zero-order chi connectivity index (χ0) is 46.9. The number of nitrogens with zero attached hydrogens (tertiary/aromatic N) is 3. The zero-order valence-corrected chi connectivity index (χ0v) is 36.7. The number of aliphatic hydroxyl groups is 1. The Hall–Kier alpha value is -7.57. The Morgan fingerprint density at radius 1 is 0.636 bits per heavy atom. The fraction of sp³-hybridized carbons (Fsp3) is 0.314. The zero-order valence-electron chi connectivity index (χ0n) is 36.7. The molecule has 0 aromatic heterocycles. The van der Waals surface area contributed by atoms with Crippen LogP contribution in [0.2, 0.25) is 0 Å². The third kappa shape index (κ3) is 15.9. The number of nitrogens with one attached hydrogen (secondary N) is 3. The molecule has 3 unspecified atom stereocenters. The van der Waals surface area contributed by atoms with E-state index < -0.39 is 54.2 Å². The molecular weight excluding hydrogens is 841 g/mol. The van der Waals surface area contributed by atoms with Crippen LogP contribution in [0.25, 0.3) is 0 Å².